The fraction of sp³-hybridized carbons (Fsp3) is 0.600. The molecule has 0 aromatic carbocycles. The highest BCUT2D eigenvalue weighted by molar-refractivity contribution is 5.79. The monoisotopic (exact) mass is 422 g/mol. The number of fused-ring (bicyclic) bond motifs is 1. The summed E-state index contributed by atoms with van der Waals surface area (Å²) in [4.78, 5) is 14.5. The normalized spacial score (nSPS) is 20.3. The fourth-order valence-corrected chi connectivity index (χ4v) is 4.15. The van der Waals surface area contributed by atoms with Gasteiger partial charge >= 0.3 is 6.18 Å². The number of hydrogen-bond acceptors (Lipinski definition) is 5. The highest BCUT2D eigenvalue weighted by atomic mass is 19.4. The summed E-state index contributed by atoms with van der Waals surface area (Å²) in [5, 5.41) is 13.9. The summed E-state index contributed by atoms with van der Waals surface area (Å²) in [5.41, 5.74) is 1.45. The molecule has 1 atom stereocenters. The number of nitrogens with zero attached hydrogens (tertiary/aromatic N) is 5. The molecule has 1 amide bonds. The summed E-state index contributed by atoms with van der Waals surface area (Å²) in [7, 11) is 0. The van der Waals surface area contributed by atoms with E-state index in [2.05, 4.69) is 26.7 Å². The van der Waals surface area contributed by atoms with Crippen molar-refractivity contribution >= 4 is 17.4 Å². The number of nitrogens with one attached hydrogen (secondary N) is 1. The fourth-order valence-electron chi connectivity index (χ4n) is 4.15. The molecule has 1 fully saturated rings. The maximum absolute atomic E-state index is 13.1. The van der Waals surface area contributed by atoms with Gasteiger partial charge in [0, 0.05) is 19.6 Å². The number of hydrogen-bond donors (Lipinski definition) is 1. The van der Waals surface area contributed by atoms with Crippen LogP contribution in [0.5, 0.6) is 0 Å². The van der Waals surface area contributed by atoms with Gasteiger partial charge in [0.1, 0.15) is 5.82 Å². The molecule has 1 unspecified atom stereocenters. The van der Waals surface area contributed by atoms with E-state index in [1.165, 1.54) is 24.5 Å². The van der Waals surface area contributed by atoms with Crippen molar-refractivity contribution in [2.75, 3.05) is 24.5 Å². The van der Waals surface area contributed by atoms with Gasteiger partial charge in [-0.3, -0.25) is 4.79 Å². The molecule has 0 radical (unpaired) electrons. The van der Waals surface area contributed by atoms with Gasteiger partial charge < -0.3 is 10.2 Å². The molecule has 2 aromatic heterocycles. The predicted molar refractivity (Wildman–Crippen MR) is 105 cm³/mol. The molecule has 2 aromatic rings. The van der Waals surface area contributed by atoms with E-state index in [4.69, 9.17) is 0 Å². The summed E-state index contributed by atoms with van der Waals surface area (Å²) >= 11 is 0. The van der Waals surface area contributed by atoms with E-state index in [9.17, 15) is 18.0 Å². The Morgan fingerprint density at radius 2 is 2.07 bits per heavy atom. The Hall–Kier alpha value is -2.65. The van der Waals surface area contributed by atoms with Crippen LogP contribution in [0.4, 0.5) is 19.0 Å². The van der Waals surface area contributed by atoms with E-state index in [1.54, 1.807) is 6.07 Å². The Morgan fingerprint density at radius 3 is 2.83 bits per heavy atom. The van der Waals surface area contributed by atoms with Crippen LogP contribution in [0.15, 0.2) is 23.8 Å². The lowest BCUT2D eigenvalue weighted by molar-refractivity contribution is -0.146. The maximum atomic E-state index is 13.1. The number of alkyl halides is 3. The molecule has 3 heterocycles. The van der Waals surface area contributed by atoms with E-state index in [0.29, 0.717) is 25.5 Å². The highest BCUT2D eigenvalue weighted by Crippen LogP contribution is 2.28. The molecule has 10 heteroatoms. The smallest absolute Gasteiger partial charge is 0.355 e. The molecule has 0 saturated carbocycles. The van der Waals surface area contributed by atoms with Crippen LogP contribution in [0.25, 0.3) is 5.65 Å². The van der Waals surface area contributed by atoms with Crippen LogP contribution in [0.3, 0.4) is 0 Å². The van der Waals surface area contributed by atoms with Crippen LogP contribution in [0.1, 0.15) is 50.8 Å². The number of rotatable bonds is 5. The lowest BCUT2D eigenvalue weighted by Gasteiger charge is -2.32. The average molecular weight is 422 g/mol. The SMILES string of the molecule is O=C(NCCC1=CCCCC1)C1CCCN(c2ccc3nnc(C(F)(F)F)n3n2)C1. The highest BCUT2D eigenvalue weighted by Gasteiger charge is 2.38. The zero-order valence-corrected chi connectivity index (χ0v) is 16.7. The van der Waals surface area contributed by atoms with Crippen LogP contribution in [-0.4, -0.2) is 45.4 Å². The summed E-state index contributed by atoms with van der Waals surface area (Å²) < 4.78 is 40.1. The number of aromatic nitrogens is 4. The first-order valence-electron chi connectivity index (χ1n) is 10.4. The van der Waals surface area contributed by atoms with Crippen molar-refractivity contribution in [3.05, 3.63) is 29.6 Å². The second-order valence-corrected chi connectivity index (χ2v) is 7.92. The Kier molecular flexibility index (Phi) is 5.92. The molecular weight excluding hydrogens is 397 g/mol. The van der Waals surface area contributed by atoms with E-state index in [0.717, 1.165) is 36.6 Å². The third-order valence-corrected chi connectivity index (χ3v) is 5.75. The minimum absolute atomic E-state index is 0.00235. The molecule has 1 aliphatic carbocycles. The van der Waals surface area contributed by atoms with E-state index in [1.807, 2.05) is 4.90 Å². The Labute approximate surface area is 172 Å². The molecule has 2 aliphatic rings. The molecular formula is C20H25F3N6O. The van der Waals surface area contributed by atoms with Gasteiger partial charge in [-0.05, 0) is 57.1 Å². The van der Waals surface area contributed by atoms with Crippen LogP contribution in [0, 0.1) is 5.92 Å². The molecule has 30 heavy (non-hydrogen) atoms. The van der Waals surface area contributed by atoms with Crippen molar-refractivity contribution in [1.82, 2.24) is 25.1 Å². The molecule has 7 nitrogen and oxygen atoms in total. The van der Waals surface area contributed by atoms with Crippen LogP contribution < -0.4 is 10.2 Å². The number of allylic oxidation sites excluding steroid dienone is 1. The van der Waals surface area contributed by atoms with Gasteiger partial charge in [-0.1, -0.05) is 11.6 Å². The standard InChI is InChI=1S/C20H25F3N6O/c21-20(22,23)19-26-25-16-8-9-17(27-29(16)19)28-12-4-7-15(13-28)18(30)24-11-10-14-5-2-1-3-6-14/h5,8-9,15H,1-4,6-7,10-13H2,(H,24,30). The van der Waals surface area contributed by atoms with Crippen molar-refractivity contribution < 1.29 is 18.0 Å². The van der Waals surface area contributed by atoms with Crippen molar-refractivity contribution in [1.29, 1.82) is 0 Å². The number of halogens is 3. The molecule has 1 N–H and O–H groups in total. The first-order valence-corrected chi connectivity index (χ1v) is 10.4. The van der Waals surface area contributed by atoms with Gasteiger partial charge in [0.2, 0.25) is 5.91 Å². The third-order valence-electron chi connectivity index (χ3n) is 5.75. The topological polar surface area (TPSA) is 75.4 Å². The summed E-state index contributed by atoms with van der Waals surface area (Å²) in [6, 6.07) is 3.09. The Bertz CT molecular complexity index is 938. The lowest BCUT2D eigenvalue weighted by atomic mass is 9.96. The average Bonchev–Trinajstić information content (AvgIpc) is 3.18. The van der Waals surface area contributed by atoms with E-state index in [-0.39, 0.29) is 17.5 Å². The zero-order chi connectivity index (χ0) is 21.1. The minimum Gasteiger partial charge on any atom is -0.355 e. The third kappa shape index (κ3) is 4.57. The van der Waals surface area contributed by atoms with Gasteiger partial charge in [-0.2, -0.15) is 17.7 Å². The maximum Gasteiger partial charge on any atom is 0.453 e. The summed E-state index contributed by atoms with van der Waals surface area (Å²) in [6.07, 6.45) is 4.76. The largest absolute Gasteiger partial charge is 0.453 e. The molecule has 1 aliphatic heterocycles. The molecule has 1 saturated heterocycles. The summed E-state index contributed by atoms with van der Waals surface area (Å²) in [5.74, 6) is -0.975. The van der Waals surface area contributed by atoms with E-state index < -0.39 is 12.0 Å². The number of carbonyl (C=O) groups is 1. The van der Waals surface area contributed by atoms with Crippen molar-refractivity contribution in [2.24, 2.45) is 5.92 Å². The second kappa shape index (κ2) is 8.61. The number of amides is 1. The zero-order valence-electron chi connectivity index (χ0n) is 16.7. The summed E-state index contributed by atoms with van der Waals surface area (Å²) in [6.45, 7) is 1.69. The van der Waals surface area contributed by atoms with Gasteiger partial charge in [-0.25, -0.2) is 0 Å². The van der Waals surface area contributed by atoms with Crippen LogP contribution >= 0.6 is 0 Å². The van der Waals surface area contributed by atoms with Crippen molar-refractivity contribution in [3.63, 3.8) is 0 Å². The number of carbonyl (C=O) groups excluding carboxylic acids is 1. The van der Waals surface area contributed by atoms with Gasteiger partial charge in [-0.15, -0.1) is 15.3 Å². The van der Waals surface area contributed by atoms with Gasteiger partial charge in [0.05, 0.1) is 5.92 Å². The van der Waals surface area contributed by atoms with E-state index >= 15 is 0 Å². The number of piperidine rings is 1. The van der Waals surface area contributed by atoms with Crippen molar-refractivity contribution in [2.45, 2.75) is 51.1 Å². The molecule has 4 rings (SSSR count). The van der Waals surface area contributed by atoms with Crippen LogP contribution in [-0.2, 0) is 11.0 Å². The second-order valence-electron chi connectivity index (χ2n) is 7.92. The molecule has 0 spiro atoms. The minimum atomic E-state index is -4.64. The van der Waals surface area contributed by atoms with Crippen LogP contribution in [0.2, 0.25) is 0 Å². The molecule has 0 bridgehead atoms. The Balaban J connectivity index is 1.39. The number of anilines is 1. The predicted octanol–water partition coefficient (Wildman–Crippen LogP) is 3.37. The quantitative estimate of drug-likeness (QED) is 0.748. The molecule has 162 valence electrons. The van der Waals surface area contributed by atoms with Gasteiger partial charge in [0.15, 0.2) is 5.65 Å². The van der Waals surface area contributed by atoms with Crippen molar-refractivity contribution in [3.8, 4) is 0 Å². The Morgan fingerprint density at radius 1 is 1.20 bits per heavy atom. The first-order chi connectivity index (χ1) is 14.4. The first kappa shape index (κ1) is 20.6. The lowest BCUT2D eigenvalue weighted by Crippen LogP contribution is -2.43. The van der Waals surface area contributed by atoms with Gasteiger partial charge in [0.25, 0.3) is 5.82 Å².